The normalized spacial score (nSPS) is 16.1. The highest BCUT2D eigenvalue weighted by molar-refractivity contribution is 7.90. The Morgan fingerprint density at radius 3 is 2.43 bits per heavy atom. The van der Waals surface area contributed by atoms with Gasteiger partial charge in [0.05, 0.1) is 10.9 Å². The molecular weight excluding hydrogens is 462 g/mol. The molecule has 1 aliphatic rings. The third-order valence-electron chi connectivity index (χ3n) is 6.37. The van der Waals surface area contributed by atoms with Crippen LogP contribution in [0.15, 0.2) is 65.6 Å². The minimum atomic E-state index is -4.12. The number of carbonyl (C=O) groups excluding carboxylic acids is 2. The standard InChI is InChI=1S/C27H31N3O4S/c1-3-9-26(31)30(20-11-8-17-28-18-20)35(33,34)25-16-15-24(22-13-6-7-14-23(22)25)29-27(32)21-12-5-4-10-19(21)2/h4-7,10,12-16,20,28H,3,8-9,11,17-18H2,1-2H3,(H,29,32). The second-order valence-corrected chi connectivity index (χ2v) is 10.7. The van der Waals surface area contributed by atoms with Crippen molar-refractivity contribution in [2.45, 2.75) is 50.5 Å². The van der Waals surface area contributed by atoms with Crippen LogP contribution in [-0.4, -0.2) is 43.7 Å². The van der Waals surface area contributed by atoms with Crippen LogP contribution in [0, 0.1) is 6.92 Å². The number of hydrogen-bond acceptors (Lipinski definition) is 5. The fourth-order valence-electron chi connectivity index (χ4n) is 4.62. The molecule has 184 valence electrons. The minimum absolute atomic E-state index is 0.0667. The summed E-state index contributed by atoms with van der Waals surface area (Å²) in [6.07, 6.45) is 2.17. The molecule has 1 atom stereocenters. The van der Waals surface area contributed by atoms with Crippen molar-refractivity contribution in [3.05, 3.63) is 71.8 Å². The first-order valence-electron chi connectivity index (χ1n) is 12.0. The highest BCUT2D eigenvalue weighted by atomic mass is 32.2. The van der Waals surface area contributed by atoms with E-state index >= 15 is 0 Å². The molecule has 1 aliphatic heterocycles. The van der Waals surface area contributed by atoms with Gasteiger partial charge in [0, 0.05) is 35.0 Å². The fourth-order valence-corrected chi connectivity index (χ4v) is 6.46. The van der Waals surface area contributed by atoms with Crippen molar-refractivity contribution >= 4 is 38.3 Å². The van der Waals surface area contributed by atoms with E-state index < -0.39 is 16.1 Å². The molecule has 1 unspecified atom stereocenters. The van der Waals surface area contributed by atoms with E-state index in [1.807, 2.05) is 26.0 Å². The number of nitrogens with zero attached hydrogens (tertiary/aromatic N) is 1. The molecule has 7 nitrogen and oxygen atoms in total. The Kier molecular flexibility index (Phi) is 7.52. The molecule has 3 aromatic carbocycles. The number of nitrogens with one attached hydrogen (secondary N) is 2. The topological polar surface area (TPSA) is 95.6 Å². The summed E-state index contributed by atoms with van der Waals surface area (Å²) in [5.74, 6) is -0.654. The number of rotatable bonds is 7. The molecule has 1 saturated heterocycles. The maximum Gasteiger partial charge on any atom is 0.267 e. The minimum Gasteiger partial charge on any atom is -0.321 e. The first-order valence-corrected chi connectivity index (χ1v) is 13.4. The SMILES string of the molecule is CCCC(=O)N(C1CCCNC1)S(=O)(=O)c1ccc(NC(=O)c2ccccc2C)c2ccccc12. The van der Waals surface area contributed by atoms with Crippen molar-refractivity contribution in [3.8, 4) is 0 Å². The van der Waals surface area contributed by atoms with Gasteiger partial charge in [-0.3, -0.25) is 9.59 Å². The lowest BCUT2D eigenvalue weighted by molar-refractivity contribution is -0.128. The second-order valence-electron chi connectivity index (χ2n) is 8.87. The highest BCUT2D eigenvalue weighted by Gasteiger charge is 2.36. The zero-order valence-corrected chi connectivity index (χ0v) is 20.9. The molecule has 2 N–H and O–H groups in total. The monoisotopic (exact) mass is 493 g/mol. The van der Waals surface area contributed by atoms with E-state index in [0.29, 0.717) is 41.4 Å². The van der Waals surface area contributed by atoms with Gasteiger partial charge >= 0.3 is 0 Å². The van der Waals surface area contributed by atoms with Gasteiger partial charge in [0.2, 0.25) is 5.91 Å². The summed E-state index contributed by atoms with van der Waals surface area (Å²) in [4.78, 5) is 26.1. The summed E-state index contributed by atoms with van der Waals surface area (Å²) in [6.45, 7) is 4.98. The van der Waals surface area contributed by atoms with Gasteiger partial charge in [0.15, 0.2) is 0 Å². The van der Waals surface area contributed by atoms with E-state index in [4.69, 9.17) is 0 Å². The lowest BCUT2D eigenvalue weighted by Gasteiger charge is -2.34. The molecule has 8 heteroatoms. The number of carbonyl (C=O) groups is 2. The third-order valence-corrected chi connectivity index (χ3v) is 8.30. The smallest absolute Gasteiger partial charge is 0.267 e. The number of anilines is 1. The largest absolute Gasteiger partial charge is 0.321 e. The van der Waals surface area contributed by atoms with E-state index in [1.54, 1.807) is 42.5 Å². The number of hydrogen-bond donors (Lipinski definition) is 2. The molecule has 1 fully saturated rings. The van der Waals surface area contributed by atoms with Crippen LogP contribution >= 0.6 is 0 Å². The van der Waals surface area contributed by atoms with E-state index in [2.05, 4.69) is 10.6 Å². The first-order chi connectivity index (χ1) is 16.8. The lowest BCUT2D eigenvalue weighted by Crippen LogP contribution is -2.51. The van der Waals surface area contributed by atoms with Crippen molar-refractivity contribution in [2.75, 3.05) is 18.4 Å². The van der Waals surface area contributed by atoms with Gasteiger partial charge in [0.25, 0.3) is 15.9 Å². The molecule has 4 rings (SSSR count). The van der Waals surface area contributed by atoms with E-state index in [9.17, 15) is 18.0 Å². The quantitative estimate of drug-likeness (QED) is 0.506. The summed E-state index contributed by atoms with van der Waals surface area (Å²) in [5, 5.41) is 7.21. The average molecular weight is 494 g/mol. The van der Waals surface area contributed by atoms with Crippen LogP contribution in [0.3, 0.4) is 0 Å². The number of amides is 2. The number of sulfonamides is 1. The summed E-state index contributed by atoms with van der Waals surface area (Å²) < 4.78 is 29.0. The average Bonchev–Trinajstić information content (AvgIpc) is 2.85. The van der Waals surface area contributed by atoms with E-state index in [1.165, 1.54) is 6.07 Å². The van der Waals surface area contributed by atoms with Crippen LogP contribution < -0.4 is 10.6 Å². The summed E-state index contributed by atoms with van der Waals surface area (Å²) >= 11 is 0. The van der Waals surface area contributed by atoms with Gasteiger partial charge in [-0.2, -0.15) is 0 Å². The number of benzene rings is 3. The van der Waals surface area contributed by atoms with Crippen LogP contribution in [0.5, 0.6) is 0 Å². The highest BCUT2D eigenvalue weighted by Crippen LogP contribution is 2.33. The summed E-state index contributed by atoms with van der Waals surface area (Å²) in [6, 6.07) is 17.0. The summed E-state index contributed by atoms with van der Waals surface area (Å²) in [5.41, 5.74) is 1.91. The molecule has 0 aromatic heterocycles. The Labute approximate surface area is 206 Å². The van der Waals surface area contributed by atoms with Crippen LogP contribution in [-0.2, 0) is 14.8 Å². The van der Waals surface area contributed by atoms with Gasteiger partial charge in [-0.05, 0) is 56.5 Å². The first kappa shape index (κ1) is 24.9. The molecule has 0 radical (unpaired) electrons. The lowest BCUT2D eigenvalue weighted by atomic mass is 10.1. The Morgan fingerprint density at radius 1 is 1.03 bits per heavy atom. The van der Waals surface area contributed by atoms with Crippen molar-refractivity contribution in [1.82, 2.24) is 9.62 Å². The molecule has 35 heavy (non-hydrogen) atoms. The maximum atomic E-state index is 14.0. The van der Waals surface area contributed by atoms with Crippen molar-refractivity contribution in [1.29, 1.82) is 0 Å². The Balaban J connectivity index is 1.77. The Hall–Kier alpha value is -3.23. The molecule has 0 aliphatic carbocycles. The molecule has 1 heterocycles. The van der Waals surface area contributed by atoms with Crippen molar-refractivity contribution < 1.29 is 18.0 Å². The molecule has 0 spiro atoms. The van der Waals surface area contributed by atoms with Crippen molar-refractivity contribution in [3.63, 3.8) is 0 Å². The van der Waals surface area contributed by atoms with Gasteiger partial charge in [0.1, 0.15) is 0 Å². The molecule has 0 saturated carbocycles. The fraction of sp³-hybridized carbons (Fsp3) is 0.333. The van der Waals surface area contributed by atoms with E-state index in [0.717, 1.165) is 22.8 Å². The molecule has 3 aromatic rings. The second kappa shape index (κ2) is 10.6. The predicted molar refractivity (Wildman–Crippen MR) is 138 cm³/mol. The molecule has 0 bridgehead atoms. The number of fused-ring (bicyclic) bond motifs is 1. The number of piperidine rings is 1. The predicted octanol–water partition coefficient (Wildman–Crippen LogP) is 4.47. The molecular formula is C27H31N3O4S. The molecule has 2 amide bonds. The zero-order chi connectivity index (χ0) is 25.0. The van der Waals surface area contributed by atoms with Crippen LogP contribution in [0.4, 0.5) is 5.69 Å². The Morgan fingerprint density at radius 2 is 1.74 bits per heavy atom. The van der Waals surface area contributed by atoms with Crippen LogP contribution in [0.2, 0.25) is 0 Å². The van der Waals surface area contributed by atoms with Crippen LogP contribution in [0.1, 0.15) is 48.5 Å². The van der Waals surface area contributed by atoms with Gasteiger partial charge in [-0.25, -0.2) is 12.7 Å². The Bertz CT molecular complexity index is 1350. The zero-order valence-electron chi connectivity index (χ0n) is 20.1. The van der Waals surface area contributed by atoms with Crippen molar-refractivity contribution in [2.24, 2.45) is 0 Å². The van der Waals surface area contributed by atoms with Gasteiger partial charge < -0.3 is 10.6 Å². The van der Waals surface area contributed by atoms with Crippen LogP contribution in [0.25, 0.3) is 10.8 Å². The summed E-state index contributed by atoms with van der Waals surface area (Å²) in [7, 11) is -4.12. The van der Waals surface area contributed by atoms with E-state index in [-0.39, 0.29) is 23.1 Å². The number of aryl methyl sites for hydroxylation is 1. The maximum absolute atomic E-state index is 14.0. The third kappa shape index (κ3) is 5.09. The van der Waals surface area contributed by atoms with Gasteiger partial charge in [-0.1, -0.05) is 49.4 Å². The van der Waals surface area contributed by atoms with Gasteiger partial charge in [-0.15, -0.1) is 0 Å².